The number of nitrogens with one attached hydrogen (secondary N) is 1. The van der Waals surface area contributed by atoms with E-state index < -0.39 is 71.6 Å². The summed E-state index contributed by atoms with van der Waals surface area (Å²) < 4.78 is 20.0. The van der Waals surface area contributed by atoms with E-state index in [1.807, 2.05) is 51.2 Å². The zero-order chi connectivity index (χ0) is 37.7. The van der Waals surface area contributed by atoms with Crippen molar-refractivity contribution < 1.29 is 38.8 Å². The standard InChI is InChI=1S/C36H55BN6O8/c1-8-28-36(6)32(43(34(48)51-36)15-10-9-14-42-20-27(40-41-42)24-12-11-13-25(38)16-24)23(4)39-19-21(2)18-35(5,49-7)31(37)22(3)30(46)26(17-29(44)45)33(47)50-28/h11-13,16,20-23,26,28,31-33,39,47H,8-10,14-15,17-19,38H2,1-7H3,(H,44,45)/t21-,22+,23-,26-,28-,31-,32-,33?,35-,36-/m1/s1. The molecule has 2 radical (unpaired) electrons. The molecule has 2 fully saturated rings. The second-order valence-electron chi connectivity index (χ2n) is 14.8. The molecular weight excluding hydrogens is 655 g/mol. The van der Waals surface area contributed by atoms with Gasteiger partial charge in [0.1, 0.15) is 17.6 Å². The minimum atomic E-state index is -1.79. The highest BCUT2D eigenvalue weighted by molar-refractivity contribution is 6.14. The van der Waals surface area contributed by atoms with Gasteiger partial charge in [0.15, 0.2) is 11.9 Å². The fourth-order valence-electron chi connectivity index (χ4n) is 7.87. The predicted molar refractivity (Wildman–Crippen MR) is 192 cm³/mol. The number of aryl methyl sites for hydroxylation is 1. The molecule has 280 valence electrons. The van der Waals surface area contributed by atoms with E-state index in [0.717, 1.165) is 5.56 Å². The smallest absolute Gasteiger partial charge is 0.410 e. The third-order valence-corrected chi connectivity index (χ3v) is 10.8. The summed E-state index contributed by atoms with van der Waals surface area (Å²) in [5, 5.41) is 33.3. The van der Waals surface area contributed by atoms with E-state index in [1.165, 1.54) is 0 Å². The number of nitrogens with zero attached hydrogens (tertiary/aromatic N) is 4. The molecule has 0 saturated carbocycles. The Balaban J connectivity index is 1.59. The van der Waals surface area contributed by atoms with Crippen LogP contribution in [-0.4, -0.2) is 112 Å². The monoisotopic (exact) mass is 710 g/mol. The van der Waals surface area contributed by atoms with Crippen LogP contribution >= 0.6 is 0 Å². The van der Waals surface area contributed by atoms with Crippen molar-refractivity contribution in [2.45, 2.75) is 122 Å². The number of nitrogens with two attached hydrogens (primary N) is 1. The number of unbranched alkanes of at least 4 members (excludes halogenated alkanes) is 1. The maximum atomic E-state index is 13.9. The lowest BCUT2D eigenvalue weighted by molar-refractivity contribution is -0.214. The van der Waals surface area contributed by atoms with Crippen molar-refractivity contribution in [1.29, 1.82) is 0 Å². The summed E-state index contributed by atoms with van der Waals surface area (Å²) >= 11 is 0. The van der Waals surface area contributed by atoms with E-state index in [2.05, 4.69) is 22.6 Å². The number of carbonyl (C=O) groups excluding carboxylic acids is 2. The van der Waals surface area contributed by atoms with Crippen molar-refractivity contribution >= 4 is 31.4 Å². The molecule has 1 unspecified atom stereocenters. The van der Waals surface area contributed by atoms with Crippen molar-refractivity contribution in [3.05, 3.63) is 30.5 Å². The largest absolute Gasteiger partial charge is 0.481 e. The molecule has 3 heterocycles. The first-order chi connectivity index (χ1) is 24.0. The van der Waals surface area contributed by atoms with Gasteiger partial charge in [-0.05, 0) is 76.9 Å². The maximum absolute atomic E-state index is 13.9. The summed E-state index contributed by atoms with van der Waals surface area (Å²) in [5.41, 5.74) is 5.96. The number of nitrogen functional groups attached to an aromatic ring is 1. The number of hydrogen-bond acceptors (Lipinski definition) is 11. The third-order valence-electron chi connectivity index (χ3n) is 10.8. The molecule has 2 aromatic rings. The fraction of sp³-hybridized carbons (Fsp3) is 0.694. The Morgan fingerprint density at radius 1 is 1.20 bits per heavy atom. The maximum Gasteiger partial charge on any atom is 0.410 e. The number of rotatable bonds is 10. The first-order valence-electron chi connectivity index (χ1n) is 17.9. The van der Waals surface area contributed by atoms with E-state index in [9.17, 15) is 24.6 Å². The van der Waals surface area contributed by atoms with Gasteiger partial charge >= 0.3 is 12.1 Å². The molecular formula is C36H55BN6O8. The number of ketones is 1. The molecule has 2 aliphatic rings. The highest BCUT2D eigenvalue weighted by atomic mass is 16.6. The molecule has 0 aliphatic carbocycles. The Hall–Kier alpha value is -3.53. The van der Waals surface area contributed by atoms with Crippen LogP contribution in [0.1, 0.15) is 73.6 Å². The number of carboxylic acid groups (broad SMARTS) is 1. The predicted octanol–water partition coefficient (Wildman–Crippen LogP) is 3.68. The summed E-state index contributed by atoms with van der Waals surface area (Å²) in [4.78, 5) is 41.2. The van der Waals surface area contributed by atoms with Crippen LogP contribution in [0.15, 0.2) is 30.5 Å². The molecule has 0 spiro atoms. The van der Waals surface area contributed by atoms with Crippen LogP contribution in [0.2, 0.25) is 5.82 Å². The minimum Gasteiger partial charge on any atom is -0.481 e. The molecule has 15 heteroatoms. The fourth-order valence-corrected chi connectivity index (χ4v) is 7.87. The third kappa shape index (κ3) is 9.11. The molecule has 1 aromatic carbocycles. The number of ether oxygens (including phenoxy) is 3. The first kappa shape index (κ1) is 40.2. The summed E-state index contributed by atoms with van der Waals surface area (Å²) in [6, 6.07) is 6.61. The summed E-state index contributed by atoms with van der Waals surface area (Å²) in [5.74, 6) is -4.83. The van der Waals surface area contributed by atoms with Gasteiger partial charge in [-0.25, -0.2) is 4.79 Å². The van der Waals surface area contributed by atoms with Gasteiger partial charge in [-0.2, -0.15) is 0 Å². The van der Waals surface area contributed by atoms with Gasteiger partial charge in [0.25, 0.3) is 0 Å². The topological polar surface area (TPSA) is 191 Å². The van der Waals surface area contributed by atoms with E-state index >= 15 is 0 Å². The lowest BCUT2D eigenvalue weighted by Crippen LogP contribution is -2.61. The van der Waals surface area contributed by atoms with Gasteiger partial charge in [-0.3, -0.25) is 19.2 Å². The Labute approximate surface area is 302 Å². The molecule has 4 rings (SSSR count). The number of Topliss-reactive ketones (excluding diaryl/α,β-unsaturated/α-hetero) is 1. The number of aromatic nitrogens is 3. The van der Waals surface area contributed by atoms with E-state index in [4.69, 9.17) is 27.8 Å². The molecule has 51 heavy (non-hydrogen) atoms. The van der Waals surface area contributed by atoms with Gasteiger partial charge in [-0.15, -0.1) is 5.10 Å². The van der Waals surface area contributed by atoms with Gasteiger partial charge in [0, 0.05) is 43.4 Å². The van der Waals surface area contributed by atoms with Crippen molar-refractivity contribution in [2.24, 2.45) is 17.8 Å². The van der Waals surface area contributed by atoms with Gasteiger partial charge < -0.3 is 35.5 Å². The summed E-state index contributed by atoms with van der Waals surface area (Å²) in [6.07, 6.45) is 0.144. The molecule has 2 aliphatic heterocycles. The molecule has 5 N–H and O–H groups in total. The number of benzene rings is 1. The molecule has 1 amide bonds. The first-order valence-corrected chi connectivity index (χ1v) is 17.9. The van der Waals surface area contributed by atoms with Crippen molar-refractivity contribution in [3.63, 3.8) is 0 Å². The van der Waals surface area contributed by atoms with Crippen molar-refractivity contribution in [2.75, 3.05) is 25.9 Å². The van der Waals surface area contributed by atoms with Crippen molar-refractivity contribution in [3.8, 4) is 11.3 Å². The summed E-state index contributed by atoms with van der Waals surface area (Å²) in [6.45, 7) is 12.6. The van der Waals surface area contributed by atoms with Crippen LogP contribution in [0.4, 0.5) is 10.5 Å². The van der Waals surface area contributed by atoms with Crippen LogP contribution in [0.25, 0.3) is 11.3 Å². The van der Waals surface area contributed by atoms with Crippen LogP contribution in [0, 0.1) is 17.8 Å². The number of carboxylic acids is 1. The summed E-state index contributed by atoms with van der Waals surface area (Å²) in [7, 11) is 8.20. The SMILES string of the molecule is [B][C@@H]1[C@@H](C)C(=O)[C@@H](CC(=O)O)C(O)O[C@H](CC)[C@@]2(C)OC(=O)N(CCCCn3cc(-c4cccc(N)c4)nn3)[C@@H]2[C@@H](C)NC[C@H](C)C[C@@]1(C)OC. The lowest BCUT2D eigenvalue weighted by atomic mass is 9.62. The normalized spacial score (nSPS) is 34.0. The number of aliphatic hydroxyl groups excluding tert-OH is 1. The highest BCUT2D eigenvalue weighted by Gasteiger charge is 2.58. The van der Waals surface area contributed by atoms with E-state index in [0.29, 0.717) is 56.7 Å². The number of aliphatic carboxylic acids is 1. The van der Waals surface area contributed by atoms with Crippen LogP contribution in [0.3, 0.4) is 0 Å². The number of fused-ring (bicyclic) bond motifs is 1. The van der Waals surface area contributed by atoms with E-state index in [1.54, 1.807) is 30.5 Å². The zero-order valence-electron chi connectivity index (χ0n) is 30.9. The molecule has 1 aromatic heterocycles. The Morgan fingerprint density at radius 2 is 1.90 bits per heavy atom. The lowest BCUT2D eigenvalue weighted by Gasteiger charge is -2.42. The number of methoxy groups -OCH3 is 1. The number of carbonyl (C=O) groups is 3. The Bertz CT molecular complexity index is 1510. The van der Waals surface area contributed by atoms with Crippen LogP contribution in [-0.2, 0) is 30.3 Å². The molecule has 2 saturated heterocycles. The quantitative estimate of drug-likeness (QED) is 0.159. The number of amides is 1. The number of hydrogen-bond donors (Lipinski definition) is 4. The molecule has 0 bridgehead atoms. The second-order valence-corrected chi connectivity index (χ2v) is 14.8. The minimum absolute atomic E-state index is 0.0344. The molecule has 10 atom stereocenters. The molecule has 14 nitrogen and oxygen atoms in total. The van der Waals surface area contributed by atoms with E-state index in [-0.39, 0.29) is 12.0 Å². The van der Waals surface area contributed by atoms with Gasteiger partial charge in [0.2, 0.25) is 0 Å². The average molecular weight is 711 g/mol. The van der Waals surface area contributed by atoms with Crippen LogP contribution in [0.5, 0.6) is 0 Å². The van der Waals surface area contributed by atoms with Gasteiger partial charge in [-0.1, -0.05) is 38.1 Å². The van der Waals surface area contributed by atoms with Gasteiger partial charge in [0.05, 0.1) is 38.0 Å². The van der Waals surface area contributed by atoms with Crippen molar-refractivity contribution in [1.82, 2.24) is 25.2 Å². The Kier molecular flexibility index (Phi) is 13.3. The van der Waals surface area contributed by atoms with Crippen LogP contribution < -0.4 is 11.1 Å². The zero-order valence-corrected chi connectivity index (χ0v) is 30.9. The Morgan fingerprint density at radius 3 is 2.55 bits per heavy atom. The number of aliphatic hydroxyl groups is 1. The number of anilines is 1. The average Bonchev–Trinajstić information content (AvgIpc) is 3.66. The highest BCUT2D eigenvalue weighted by Crippen LogP contribution is 2.41. The second kappa shape index (κ2) is 16.9.